The second-order valence-corrected chi connectivity index (χ2v) is 6.81. The number of benzene rings is 1. The Balaban J connectivity index is 0.00000312. The van der Waals surface area contributed by atoms with Gasteiger partial charge >= 0.3 is 0 Å². The first-order valence-electron chi connectivity index (χ1n) is 8.19. The molecule has 140 valence electrons. The molecule has 3 N–H and O–H groups in total. The summed E-state index contributed by atoms with van der Waals surface area (Å²) < 4.78 is 0. The standard InChI is InChI=1S/C17H25ClN4O2.ClH/c1-12(2)16(19)17(24)22-9-7-21(8-10-22)11-15(23)20-14-6-4-3-5-13(14)18;/h3-6,12,16H,7-11,19H2,1-2H3,(H,20,23);1H/t16-;/m0./s1. The lowest BCUT2D eigenvalue weighted by atomic mass is 10.0. The molecule has 0 unspecified atom stereocenters. The Hall–Kier alpha value is -1.34. The summed E-state index contributed by atoms with van der Waals surface area (Å²) in [4.78, 5) is 28.2. The zero-order valence-corrected chi connectivity index (χ0v) is 16.1. The van der Waals surface area contributed by atoms with Gasteiger partial charge < -0.3 is 16.0 Å². The average Bonchev–Trinajstić information content (AvgIpc) is 2.56. The number of para-hydroxylation sites is 1. The van der Waals surface area contributed by atoms with Crippen LogP contribution in [0.3, 0.4) is 0 Å². The maximum Gasteiger partial charge on any atom is 0.239 e. The van der Waals surface area contributed by atoms with Crippen molar-refractivity contribution in [2.45, 2.75) is 19.9 Å². The van der Waals surface area contributed by atoms with E-state index in [1.54, 1.807) is 17.0 Å². The molecule has 0 radical (unpaired) electrons. The van der Waals surface area contributed by atoms with Crippen molar-refractivity contribution in [3.05, 3.63) is 29.3 Å². The number of nitrogens with two attached hydrogens (primary N) is 1. The third-order valence-electron chi connectivity index (χ3n) is 4.20. The van der Waals surface area contributed by atoms with E-state index in [4.69, 9.17) is 17.3 Å². The number of piperazine rings is 1. The van der Waals surface area contributed by atoms with Gasteiger partial charge in [0.15, 0.2) is 0 Å². The van der Waals surface area contributed by atoms with Crippen molar-refractivity contribution in [3.63, 3.8) is 0 Å². The van der Waals surface area contributed by atoms with Gasteiger partial charge in [-0.05, 0) is 18.1 Å². The summed E-state index contributed by atoms with van der Waals surface area (Å²) in [6, 6.07) is 6.68. The van der Waals surface area contributed by atoms with Crippen LogP contribution in [0.1, 0.15) is 13.8 Å². The van der Waals surface area contributed by atoms with Crippen molar-refractivity contribution in [2.24, 2.45) is 11.7 Å². The van der Waals surface area contributed by atoms with Crippen molar-refractivity contribution < 1.29 is 9.59 Å². The lowest BCUT2D eigenvalue weighted by Crippen LogP contribution is -2.55. The fraction of sp³-hybridized carbons (Fsp3) is 0.529. The van der Waals surface area contributed by atoms with Crippen molar-refractivity contribution in [3.8, 4) is 0 Å². The van der Waals surface area contributed by atoms with Crippen molar-refractivity contribution in [2.75, 3.05) is 38.0 Å². The Kier molecular flexibility index (Phi) is 8.65. The fourth-order valence-corrected chi connectivity index (χ4v) is 2.76. The van der Waals surface area contributed by atoms with E-state index in [1.165, 1.54) is 0 Å². The number of hydrogen-bond acceptors (Lipinski definition) is 4. The van der Waals surface area contributed by atoms with Crippen LogP contribution in [0, 0.1) is 5.92 Å². The SMILES string of the molecule is CC(C)[C@H](N)C(=O)N1CCN(CC(=O)Nc2ccccc2Cl)CC1.Cl. The van der Waals surface area contributed by atoms with Gasteiger partial charge in [0.2, 0.25) is 11.8 Å². The van der Waals surface area contributed by atoms with Crippen molar-refractivity contribution in [1.29, 1.82) is 0 Å². The van der Waals surface area contributed by atoms with Crippen LogP contribution >= 0.6 is 24.0 Å². The van der Waals surface area contributed by atoms with Gasteiger partial charge in [-0.25, -0.2) is 0 Å². The predicted octanol–water partition coefficient (Wildman–Crippen LogP) is 1.83. The molecule has 1 aliphatic heterocycles. The van der Waals surface area contributed by atoms with Crippen LogP contribution in [0.4, 0.5) is 5.69 Å². The second-order valence-electron chi connectivity index (χ2n) is 6.40. The van der Waals surface area contributed by atoms with Gasteiger partial charge in [-0.3, -0.25) is 14.5 Å². The number of nitrogens with one attached hydrogen (secondary N) is 1. The summed E-state index contributed by atoms with van der Waals surface area (Å²) >= 11 is 6.04. The van der Waals surface area contributed by atoms with E-state index < -0.39 is 6.04 Å². The highest BCUT2D eigenvalue weighted by Gasteiger charge is 2.27. The molecule has 0 aliphatic carbocycles. The van der Waals surface area contributed by atoms with E-state index >= 15 is 0 Å². The summed E-state index contributed by atoms with van der Waals surface area (Å²) in [5.41, 5.74) is 6.54. The van der Waals surface area contributed by atoms with Crippen LogP contribution < -0.4 is 11.1 Å². The van der Waals surface area contributed by atoms with Crippen LogP contribution in [0.2, 0.25) is 5.02 Å². The largest absolute Gasteiger partial charge is 0.339 e. The summed E-state index contributed by atoms with van der Waals surface area (Å²) in [5, 5.41) is 3.33. The molecule has 0 saturated carbocycles. The predicted molar refractivity (Wildman–Crippen MR) is 103 cm³/mol. The van der Waals surface area contributed by atoms with Gasteiger partial charge in [-0.2, -0.15) is 0 Å². The van der Waals surface area contributed by atoms with Crippen LogP contribution in [-0.2, 0) is 9.59 Å². The zero-order valence-electron chi connectivity index (χ0n) is 14.6. The first-order chi connectivity index (χ1) is 11.4. The number of rotatable bonds is 5. The molecule has 6 nitrogen and oxygen atoms in total. The van der Waals surface area contributed by atoms with Gasteiger partial charge in [-0.1, -0.05) is 37.6 Å². The number of hydrogen-bond donors (Lipinski definition) is 2. The van der Waals surface area contributed by atoms with E-state index in [0.717, 1.165) is 0 Å². The normalized spacial score (nSPS) is 16.3. The first kappa shape index (κ1) is 21.7. The van der Waals surface area contributed by atoms with Crippen LogP contribution in [-0.4, -0.2) is 60.4 Å². The Morgan fingerprint density at radius 3 is 2.36 bits per heavy atom. The van der Waals surface area contributed by atoms with Crippen LogP contribution in [0.5, 0.6) is 0 Å². The smallest absolute Gasteiger partial charge is 0.239 e. The van der Waals surface area contributed by atoms with Crippen molar-refractivity contribution in [1.82, 2.24) is 9.80 Å². The summed E-state index contributed by atoms with van der Waals surface area (Å²) in [5.74, 6) is 0.00357. The molecule has 1 atom stereocenters. The zero-order chi connectivity index (χ0) is 17.7. The molecule has 2 rings (SSSR count). The molecule has 0 bridgehead atoms. The topological polar surface area (TPSA) is 78.7 Å². The van der Waals surface area contributed by atoms with Crippen LogP contribution in [0.15, 0.2) is 24.3 Å². The molecular formula is C17H26Cl2N4O2. The number of amides is 2. The molecule has 1 aliphatic rings. The lowest BCUT2D eigenvalue weighted by Gasteiger charge is -2.36. The van der Waals surface area contributed by atoms with Gasteiger partial charge in [0, 0.05) is 26.2 Å². The third kappa shape index (κ3) is 6.15. The maximum absolute atomic E-state index is 12.2. The monoisotopic (exact) mass is 388 g/mol. The molecule has 25 heavy (non-hydrogen) atoms. The van der Waals surface area contributed by atoms with Crippen LogP contribution in [0.25, 0.3) is 0 Å². The fourth-order valence-electron chi connectivity index (χ4n) is 2.58. The molecule has 0 spiro atoms. The van der Waals surface area contributed by atoms with E-state index in [9.17, 15) is 9.59 Å². The first-order valence-corrected chi connectivity index (χ1v) is 8.57. The van der Waals surface area contributed by atoms with Gasteiger partial charge in [0.05, 0.1) is 23.3 Å². The molecule has 8 heteroatoms. The minimum atomic E-state index is -0.458. The summed E-state index contributed by atoms with van der Waals surface area (Å²) in [6.45, 7) is 6.68. The Morgan fingerprint density at radius 2 is 1.80 bits per heavy atom. The van der Waals surface area contributed by atoms with Gasteiger partial charge in [0.1, 0.15) is 0 Å². The highest BCUT2D eigenvalue weighted by atomic mass is 35.5. The molecular weight excluding hydrogens is 363 g/mol. The lowest BCUT2D eigenvalue weighted by molar-refractivity contribution is -0.135. The highest BCUT2D eigenvalue weighted by Crippen LogP contribution is 2.20. The quantitative estimate of drug-likeness (QED) is 0.806. The molecule has 1 fully saturated rings. The van der Waals surface area contributed by atoms with E-state index in [2.05, 4.69) is 5.32 Å². The number of nitrogens with zero attached hydrogens (tertiary/aromatic N) is 2. The summed E-state index contributed by atoms with van der Waals surface area (Å²) in [6.07, 6.45) is 0. The minimum absolute atomic E-state index is 0. The van der Waals surface area contributed by atoms with Crippen molar-refractivity contribution >= 4 is 41.5 Å². The van der Waals surface area contributed by atoms with E-state index in [-0.39, 0.29) is 36.7 Å². The summed E-state index contributed by atoms with van der Waals surface area (Å²) in [7, 11) is 0. The number of carbonyl (C=O) groups is 2. The molecule has 0 aromatic heterocycles. The molecule has 1 heterocycles. The number of carbonyl (C=O) groups excluding carboxylic acids is 2. The number of halogens is 2. The van der Waals surface area contributed by atoms with E-state index in [1.807, 2.05) is 30.9 Å². The molecule has 1 saturated heterocycles. The maximum atomic E-state index is 12.2. The van der Waals surface area contributed by atoms with Gasteiger partial charge in [0.25, 0.3) is 0 Å². The third-order valence-corrected chi connectivity index (χ3v) is 4.53. The Morgan fingerprint density at radius 1 is 1.20 bits per heavy atom. The average molecular weight is 389 g/mol. The highest BCUT2D eigenvalue weighted by molar-refractivity contribution is 6.33. The Labute approximate surface area is 160 Å². The molecule has 1 aromatic carbocycles. The minimum Gasteiger partial charge on any atom is -0.339 e. The van der Waals surface area contributed by atoms with Gasteiger partial charge in [-0.15, -0.1) is 12.4 Å². The number of anilines is 1. The van der Waals surface area contributed by atoms with E-state index in [0.29, 0.717) is 36.9 Å². The molecule has 1 aromatic rings. The second kappa shape index (κ2) is 9.97. The molecule has 2 amide bonds. The Bertz CT molecular complexity index is 590.